The minimum absolute atomic E-state index is 0.182. The quantitative estimate of drug-likeness (QED) is 0.607. The van der Waals surface area contributed by atoms with Gasteiger partial charge in [-0.1, -0.05) is 54.1 Å². The molecule has 0 saturated carbocycles. The van der Waals surface area contributed by atoms with Crippen molar-refractivity contribution in [3.05, 3.63) is 94.5 Å². The number of hydrogen-bond donors (Lipinski definition) is 1. The van der Waals surface area contributed by atoms with Gasteiger partial charge < -0.3 is 14.8 Å². The predicted octanol–water partition coefficient (Wildman–Crippen LogP) is 5.07. The van der Waals surface area contributed by atoms with Crippen molar-refractivity contribution >= 4 is 17.5 Å². The number of rotatable bonds is 7. The number of hydrogen-bond acceptors (Lipinski definition) is 3. The SMILES string of the molecule is COc1ccc([C@@H](Cc2ccccc2)NC(=O)c2cccc(Cl)c2)cc1OC. The minimum atomic E-state index is -0.242. The molecule has 0 fully saturated rings. The first-order valence-corrected chi connectivity index (χ1v) is 9.31. The maximum Gasteiger partial charge on any atom is 0.251 e. The van der Waals surface area contributed by atoms with Gasteiger partial charge >= 0.3 is 0 Å². The van der Waals surface area contributed by atoms with Crippen LogP contribution in [0.5, 0.6) is 11.5 Å². The van der Waals surface area contributed by atoms with Crippen LogP contribution in [0.4, 0.5) is 0 Å². The summed E-state index contributed by atoms with van der Waals surface area (Å²) in [6, 6.07) is 22.4. The molecule has 0 aromatic heterocycles. The summed E-state index contributed by atoms with van der Waals surface area (Å²) in [6.45, 7) is 0. The Morgan fingerprint density at radius 2 is 1.68 bits per heavy atom. The Morgan fingerprint density at radius 1 is 0.929 bits per heavy atom. The van der Waals surface area contributed by atoms with Gasteiger partial charge in [0.25, 0.3) is 5.91 Å². The number of nitrogens with one attached hydrogen (secondary N) is 1. The van der Waals surface area contributed by atoms with Crippen molar-refractivity contribution in [2.45, 2.75) is 12.5 Å². The van der Waals surface area contributed by atoms with Gasteiger partial charge in [-0.25, -0.2) is 0 Å². The molecule has 3 aromatic carbocycles. The van der Waals surface area contributed by atoms with Crippen LogP contribution in [-0.4, -0.2) is 20.1 Å². The molecular weight excluding hydrogens is 374 g/mol. The van der Waals surface area contributed by atoms with Crippen molar-refractivity contribution in [2.75, 3.05) is 14.2 Å². The van der Waals surface area contributed by atoms with Crippen LogP contribution < -0.4 is 14.8 Å². The molecule has 0 bridgehead atoms. The summed E-state index contributed by atoms with van der Waals surface area (Å²) in [6.07, 6.45) is 0.641. The Balaban J connectivity index is 1.92. The van der Waals surface area contributed by atoms with E-state index < -0.39 is 0 Å². The zero-order chi connectivity index (χ0) is 19.9. The average molecular weight is 396 g/mol. The van der Waals surface area contributed by atoms with E-state index in [-0.39, 0.29) is 11.9 Å². The first-order valence-electron chi connectivity index (χ1n) is 8.93. The number of ether oxygens (including phenoxy) is 2. The van der Waals surface area contributed by atoms with Gasteiger partial charge in [0.15, 0.2) is 11.5 Å². The summed E-state index contributed by atoms with van der Waals surface area (Å²) in [5.74, 6) is 1.08. The van der Waals surface area contributed by atoms with E-state index in [2.05, 4.69) is 5.32 Å². The van der Waals surface area contributed by atoms with Crippen LogP contribution in [0.15, 0.2) is 72.8 Å². The van der Waals surface area contributed by atoms with E-state index >= 15 is 0 Å². The van der Waals surface area contributed by atoms with Gasteiger partial charge in [0.1, 0.15) is 0 Å². The molecule has 144 valence electrons. The number of amides is 1. The molecule has 0 unspecified atom stereocenters. The van der Waals surface area contributed by atoms with Gasteiger partial charge in [-0.3, -0.25) is 4.79 Å². The van der Waals surface area contributed by atoms with Gasteiger partial charge in [0.05, 0.1) is 20.3 Å². The van der Waals surface area contributed by atoms with Crippen LogP contribution in [0.3, 0.4) is 0 Å². The third-order valence-electron chi connectivity index (χ3n) is 4.48. The fraction of sp³-hybridized carbons (Fsp3) is 0.174. The summed E-state index contributed by atoms with van der Waals surface area (Å²) >= 11 is 6.03. The Morgan fingerprint density at radius 3 is 2.36 bits per heavy atom. The van der Waals surface area contributed by atoms with E-state index in [1.54, 1.807) is 38.5 Å². The van der Waals surface area contributed by atoms with E-state index in [9.17, 15) is 4.79 Å². The summed E-state index contributed by atoms with van der Waals surface area (Å²) < 4.78 is 10.8. The molecule has 0 spiro atoms. The van der Waals surface area contributed by atoms with Crippen LogP contribution in [-0.2, 0) is 6.42 Å². The summed E-state index contributed by atoms with van der Waals surface area (Å²) in [5.41, 5.74) is 2.57. The van der Waals surface area contributed by atoms with E-state index in [4.69, 9.17) is 21.1 Å². The second-order valence-corrected chi connectivity index (χ2v) is 6.78. The van der Waals surface area contributed by atoms with Crippen molar-refractivity contribution < 1.29 is 14.3 Å². The standard InChI is InChI=1S/C23H22ClNO3/c1-27-21-12-11-17(15-22(21)28-2)20(13-16-7-4-3-5-8-16)25-23(26)18-9-6-10-19(24)14-18/h3-12,14-15,20H,13H2,1-2H3,(H,25,26)/t20-/m1/s1. The normalized spacial score (nSPS) is 11.5. The third-order valence-corrected chi connectivity index (χ3v) is 4.72. The lowest BCUT2D eigenvalue weighted by Crippen LogP contribution is -2.30. The molecule has 0 aliphatic carbocycles. The van der Waals surface area contributed by atoms with Crippen molar-refractivity contribution in [3.63, 3.8) is 0 Å². The number of methoxy groups -OCH3 is 2. The van der Waals surface area contributed by atoms with Crippen LogP contribution in [0.1, 0.15) is 27.5 Å². The number of benzene rings is 3. The van der Waals surface area contributed by atoms with E-state index in [0.29, 0.717) is 28.5 Å². The number of carbonyl (C=O) groups is 1. The molecule has 0 heterocycles. The predicted molar refractivity (Wildman–Crippen MR) is 111 cm³/mol. The Hall–Kier alpha value is -2.98. The van der Waals surface area contributed by atoms with Crippen LogP contribution in [0, 0.1) is 0 Å². The van der Waals surface area contributed by atoms with Gasteiger partial charge in [0.2, 0.25) is 0 Å². The lowest BCUT2D eigenvalue weighted by Gasteiger charge is -2.21. The molecule has 3 rings (SSSR count). The summed E-state index contributed by atoms with van der Waals surface area (Å²) in [5, 5.41) is 3.65. The maximum absolute atomic E-state index is 12.8. The van der Waals surface area contributed by atoms with E-state index in [0.717, 1.165) is 11.1 Å². The highest BCUT2D eigenvalue weighted by Crippen LogP contribution is 2.31. The average Bonchev–Trinajstić information content (AvgIpc) is 2.73. The molecule has 0 aliphatic heterocycles. The van der Waals surface area contributed by atoms with Crippen LogP contribution in [0.25, 0.3) is 0 Å². The van der Waals surface area contributed by atoms with Crippen molar-refractivity contribution in [1.82, 2.24) is 5.32 Å². The maximum atomic E-state index is 12.8. The molecule has 1 N–H and O–H groups in total. The Labute approximate surface area is 170 Å². The lowest BCUT2D eigenvalue weighted by atomic mass is 9.98. The van der Waals surface area contributed by atoms with Crippen LogP contribution in [0.2, 0.25) is 5.02 Å². The Bertz CT molecular complexity index is 944. The van der Waals surface area contributed by atoms with E-state index in [1.165, 1.54) is 0 Å². The van der Waals surface area contributed by atoms with Gasteiger partial charge in [-0.15, -0.1) is 0 Å². The third kappa shape index (κ3) is 4.84. The molecule has 28 heavy (non-hydrogen) atoms. The second-order valence-electron chi connectivity index (χ2n) is 6.34. The fourth-order valence-electron chi connectivity index (χ4n) is 3.04. The highest BCUT2D eigenvalue weighted by Gasteiger charge is 2.18. The Kier molecular flexibility index (Phi) is 6.56. The molecule has 1 atom stereocenters. The largest absolute Gasteiger partial charge is 0.493 e. The first kappa shape index (κ1) is 19.8. The van der Waals surface area contributed by atoms with Crippen molar-refractivity contribution in [1.29, 1.82) is 0 Å². The first-order chi connectivity index (χ1) is 13.6. The monoisotopic (exact) mass is 395 g/mol. The molecule has 3 aromatic rings. The van der Waals surface area contributed by atoms with Crippen molar-refractivity contribution in [3.8, 4) is 11.5 Å². The molecule has 0 aliphatic rings. The zero-order valence-corrected chi connectivity index (χ0v) is 16.6. The van der Waals surface area contributed by atoms with Crippen molar-refractivity contribution in [2.24, 2.45) is 0 Å². The smallest absolute Gasteiger partial charge is 0.251 e. The zero-order valence-electron chi connectivity index (χ0n) is 15.8. The van der Waals surface area contributed by atoms with Gasteiger partial charge in [-0.05, 0) is 47.9 Å². The second kappa shape index (κ2) is 9.29. The van der Waals surface area contributed by atoms with Gasteiger partial charge in [-0.2, -0.15) is 0 Å². The summed E-state index contributed by atoms with van der Waals surface area (Å²) in [7, 11) is 3.19. The lowest BCUT2D eigenvalue weighted by molar-refractivity contribution is 0.0936. The van der Waals surface area contributed by atoms with Gasteiger partial charge in [0, 0.05) is 10.6 Å². The molecule has 1 amide bonds. The molecule has 0 saturated heterocycles. The highest BCUT2D eigenvalue weighted by molar-refractivity contribution is 6.30. The van der Waals surface area contributed by atoms with Crippen LogP contribution >= 0.6 is 11.6 Å². The molecular formula is C23H22ClNO3. The molecule has 4 nitrogen and oxygen atoms in total. The molecule has 0 radical (unpaired) electrons. The number of carbonyl (C=O) groups excluding carboxylic acids is 1. The minimum Gasteiger partial charge on any atom is -0.493 e. The molecule has 5 heteroatoms. The van der Waals surface area contributed by atoms with E-state index in [1.807, 2.05) is 48.5 Å². The highest BCUT2D eigenvalue weighted by atomic mass is 35.5. The topological polar surface area (TPSA) is 47.6 Å². The fourth-order valence-corrected chi connectivity index (χ4v) is 3.23. The number of halogens is 1. The summed E-state index contributed by atoms with van der Waals surface area (Å²) in [4.78, 5) is 12.8.